The van der Waals surface area contributed by atoms with E-state index in [2.05, 4.69) is 0 Å². The van der Waals surface area contributed by atoms with E-state index in [0.717, 1.165) is 27.6 Å². The summed E-state index contributed by atoms with van der Waals surface area (Å²) in [5, 5.41) is 21.5. The normalized spacial score (nSPS) is 12.1. The first-order chi connectivity index (χ1) is 15.9. The fourth-order valence-electron chi connectivity index (χ4n) is 3.52. The van der Waals surface area contributed by atoms with Crippen LogP contribution in [0.4, 0.5) is 0 Å². The topological polar surface area (TPSA) is 76.0 Å². The SMILES string of the molecule is COc1ccc2cc([C@H](C)C(=O)Oc3cc(O)cc(C=Cc4ccc(O)cc4)c3)ccc2c1. The molecule has 0 radical (unpaired) electrons. The average Bonchev–Trinajstić information content (AvgIpc) is 2.82. The molecule has 5 nitrogen and oxygen atoms in total. The van der Waals surface area contributed by atoms with Crippen molar-refractivity contribution in [3.05, 3.63) is 95.6 Å². The monoisotopic (exact) mass is 440 g/mol. The van der Waals surface area contributed by atoms with E-state index >= 15 is 0 Å². The largest absolute Gasteiger partial charge is 0.508 e. The first-order valence-electron chi connectivity index (χ1n) is 10.5. The third-order valence-corrected chi connectivity index (χ3v) is 5.42. The molecular formula is C28H24O5. The number of benzene rings is 4. The van der Waals surface area contributed by atoms with E-state index in [4.69, 9.17) is 9.47 Å². The number of ether oxygens (including phenoxy) is 2. The van der Waals surface area contributed by atoms with Crippen molar-refractivity contribution in [2.24, 2.45) is 0 Å². The maximum atomic E-state index is 12.8. The first kappa shape index (κ1) is 22.0. The van der Waals surface area contributed by atoms with Crippen molar-refractivity contribution >= 4 is 28.9 Å². The average molecular weight is 440 g/mol. The summed E-state index contributed by atoms with van der Waals surface area (Å²) in [6.07, 6.45) is 3.64. The van der Waals surface area contributed by atoms with Crippen LogP contribution in [-0.2, 0) is 4.79 Å². The summed E-state index contributed by atoms with van der Waals surface area (Å²) in [5.41, 5.74) is 2.40. The molecule has 0 spiro atoms. The van der Waals surface area contributed by atoms with Crippen molar-refractivity contribution in [1.82, 2.24) is 0 Å². The second-order valence-electron chi connectivity index (χ2n) is 7.80. The van der Waals surface area contributed by atoms with Gasteiger partial charge >= 0.3 is 5.97 Å². The number of phenols is 2. The molecule has 4 aromatic rings. The van der Waals surface area contributed by atoms with Gasteiger partial charge in [0, 0.05) is 6.07 Å². The molecular weight excluding hydrogens is 416 g/mol. The van der Waals surface area contributed by atoms with Crippen LogP contribution in [0.15, 0.2) is 78.9 Å². The summed E-state index contributed by atoms with van der Waals surface area (Å²) in [7, 11) is 1.63. The number of carbonyl (C=O) groups excluding carboxylic acids is 1. The Hall–Kier alpha value is -4.25. The van der Waals surface area contributed by atoms with E-state index < -0.39 is 11.9 Å². The smallest absolute Gasteiger partial charge is 0.318 e. The first-order valence-corrected chi connectivity index (χ1v) is 10.5. The van der Waals surface area contributed by atoms with Gasteiger partial charge in [-0.3, -0.25) is 4.79 Å². The molecule has 4 rings (SSSR count). The van der Waals surface area contributed by atoms with Crippen molar-refractivity contribution < 1.29 is 24.5 Å². The van der Waals surface area contributed by atoms with Crippen LogP contribution in [0.25, 0.3) is 22.9 Å². The highest BCUT2D eigenvalue weighted by atomic mass is 16.5. The van der Waals surface area contributed by atoms with Crippen LogP contribution in [0.1, 0.15) is 29.5 Å². The molecule has 166 valence electrons. The van der Waals surface area contributed by atoms with Crippen LogP contribution >= 0.6 is 0 Å². The van der Waals surface area contributed by atoms with Crippen LogP contribution in [0.2, 0.25) is 0 Å². The lowest BCUT2D eigenvalue weighted by atomic mass is 9.98. The standard InChI is InChI=1S/C28H24O5/c1-18(21-7-8-23-16-26(32-2)12-9-22(23)15-21)28(31)33-27-14-20(13-25(30)17-27)4-3-19-5-10-24(29)11-6-19/h3-18,29-30H,1-2H3/t18-/m0/s1. The molecule has 0 saturated carbocycles. The summed E-state index contributed by atoms with van der Waals surface area (Å²) < 4.78 is 10.8. The van der Waals surface area contributed by atoms with Gasteiger partial charge in [-0.2, -0.15) is 0 Å². The molecule has 1 atom stereocenters. The maximum Gasteiger partial charge on any atom is 0.318 e. The van der Waals surface area contributed by atoms with Crippen LogP contribution < -0.4 is 9.47 Å². The highest BCUT2D eigenvalue weighted by molar-refractivity contribution is 5.87. The van der Waals surface area contributed by atoms with Crippen molar-refractivity contribution in [2.75, 3.05) is 7.11 Å². The molecule has 0 unspecified atom stereocenters. The number of aromatic hydroxyl groups is 2. The molecule has 0 heterocycles. The summed E-state index contributed by atoms with van der Waals surface area (Å²) >= 11 is 0. The molecule has 0 aromatic heterocycles. The van der Waals surface area contributed by atoms with Gasteiger partial charge in [-0.25, -0.2) is 0 Å². The number of phenolic OH excluding ortho intramolecular Hbond substituents is 2. The Labute approximate surface area is 192 Å². The summed E-state index contributed by atoms with van der Waals surface area (Å²) in [4.78, 5) is 12.8. The van der Waals surface area contributed by atoms with Gasteiger partial charge in [-0.1, -0.05) is 48.6 Å². The van der Waals surface area contributed by atoms with E-state index in [1.165, 1.54) is 6.07 Å². The van der Waals surface area contributed by atoms with E-state index in [1.807, 2.05) is 42.5 Å². The van der Waals surface area contributed by atoms with Crippen LogP contribution in [0.5, 0.6) is 23.0 Å². The number of esters is 1. The molecule has 5 heteroatoms. The van der Waals surface area contributed by atoms with Gasteiger partial charge in [-0.15, -0.1) is 0 Å². The lowest BCUT2D eigenvalue weighted by Crippen LogP contribution is -2.16. The number of carbonyl (C=O) groups is 1. The van der Waals surface area contributed by atoms with Crippen LogP contribution in [0.3, 0.4) is 0 Å². The Morgan fingerprint density at radius 2 is 1.45 bits per heavy atom. The number of rotatable bonds is 6. The van der Waals surface area contributed by atoms with E-state index in [1.54, 1.807) is 56.5 Å². The molecule has 0 amide bonds. The molecule has 0 aliphatic heterocycles. The van der Waals surface area contributed by atoms with Crippen molar-refractivity contribution in [1.29, 1.82) is 0 Å². The number of hydrogen-bond donors (Lipinski definition) is 2. The zero-order chi connectivity index (χ0) is 23.4. The fourth-order valence-corrected chi connectivity index (χ4v) is 3.52. The lowest BCUT2D eigenvalue weighted by molar-refractivity contribution is -0.135. The lowest BCUT2D eigenvalue weighted by Gasteiger charge is -2.13. The van der Waals surface area contributed by atoms with E-state index in [-0.39, 0.29) is 17.2 Å². The predicted octanol–water partition coefficient (Wildman–Crippen LogP) is 6.14. The van der Waals surface area contributed by atoms with Gasteiger partial charge in [0.2, 0.25) is 0 Å². The molecule has 33 heavy (non-hydrogen) atoms. The Balaban J connectivity index is 1.50. The molecule has 2 N–H and O–H groups in total. The predicted molar refractivity (Wildman–Crippen MR) is 130 cm³/mol. The van der Waals surface area contributed by atoms with Crippen molar-refractivity contribution in [3.8, 4) is 23.0 Å². The van der Waals surface area contributed by atoms with Crippen molar-refractivity contribution in [3.63, 3.8) is 0 Å². The van der Waals surface area contributed by atoms with Gasteiger partial charge in [0.05, 0.1) is 13.0 Å². The zero-order valence-electron chi connectivity index (χ0n) is 18.4. The fraction of sp³-hybridized carbons (Fsp3) is 0.107. The van der Waals surface area contributed by atoms with Gasteiger partial charge in [0.25, 0.3) is 0 Å². The van der Waals surface area contributed by atoms with Gasteiger partial charge in [0.15, 0.2) is 0 Å². The van der Waals surface area contributed by atoms with Gasteiger partial charge in [0.1, 0.15) is 23.0 Å². The second kappa shape index (κ2) is 9.49. The molecule has 0 aliphatic carbocycles. The molecule has 0 fully saturated rings. The Bertz CT molecular complexity index is 1320. The number of hydrogen-bond acceptors (Lipinski definition) is 5. The summed E-state index contributed by atoms with van der Waals surface area (Å²) in [5.74, 6) is 0.332. The Morgan fingerprint density at radius 1 is 0.758 bits per heavy atom. The quantitative estimate of drug-likeness (QED) is 0.214. The highest BCUT2D eigenvalue weighted by Gasteiger charge is 2.18. The van der Waals surface area contributed by atoms with Gasteiger partial charge < -0.3 is 19.7 Å². The Kier molecular flexibility index (Phi) is 6.31. The molecule has 0 aliphatic rings. The molecule has 0 saturated heterocycles. The molecule has 4 aromatic carbocycles. The van der Waals surface area contributed by atoms with Gasteiger partial charge in [-0.05, 0) is 70.8 Å². The highest BCUT2D eigenvalue weighted by Crippen LogP contribution is 2.28. The molecule has 0 bridgehead atoms. The Morgan fingerprint density at radius 3 is 2.21 bits per heavy atom. The third kappa shape index (κ3) is 5.33. The minimum atomic E-state index is -0.491. The minimum absolute atomic E-state index is 0.00189. The summed E-state index contributed by atoms with van der Waals surface area (Å²) in [6, 6.07) is 23.0. The minimum Gasteiger partial charge on any atom is -0.508 e. The van der Waals surface area contributed by atoms with Crippen LogP contribution in [-0.4, -0.2) is 23.3 Å². The number of fused-ring (bicyclic) bond motifs is 1. The summed E-state index contributed by atoms with van der Waals surface area (Å²) in [6.45, 7) is 1.79. The van der Waals surface area contributed by atoms with Crippen LogP contribution in [0, 0.1) is 0 Å². The number of methoxy groups -OCH3 is 1. The third-order valence-electron chi connectivity index (χ3n) is 5.42. The van der Waals surface area contributed by atoms with E-state index in [9.17, 15) is 15.0 Å². The second-order valence-corrected chi connectivity index (χ2v) is 7.80. The maximum absolute atomic E-state index is 12.8. The zero-order valence-corrected chi connectivity index (χ0v) is 18.4. The van der Waals surface area contributed by atoms with Crippen molar-refractivity contribution in [2.45, 2.75) is 12.8 Å². The van der Waals surface area contributed by atoms with E-state index in [0.29, 0.717) is 5.56 Å².